The molecule has 12 heteroatoms. The summed E-state index contributed by atoms with van der Waals surface area (Å²) in [6, 6.07) is 26.4. The van der Waals surface area contributed by atoms with E-state index in [9.17, 15) is 0 Å². The molecule has 3 radical (unpaired) electrons. The third kappa shape index (κ3) is 12.4. The zero-order valence-electron chi connectivity index (χ0n) is 57.5. The lowest BCUT2D eigenvalue weighted by molar-refractivity contribution is 0.173. The number of hydrogen-bond acceptors (Lipinski definition) is 9. The maximum Gasteiger partial charge on any atom is 0.231 e. The van der Waals surface area contributed by atoms with Crippen molar-refractivity contribution >= 4 is 55.3 Å². The van der Waals surface area contributed by atoms with Gasteiger partial charge >= 0.3 is 0 Å². The lowest BCUT2D eigenvalue weighted by Crippen LogP contribution is -2.33. The molecule has 6 aromatic carbocycles. The molecule has 0 aliphatic carbocycles. The van der Waals surface area contributed by atoms with Gasteiger partial charge < -0.3 is 42.5 Å². The van der Waals surface area contributed by atoms with Crippen LogP contribution >= 0.6 is 15.1 Å². The van der Waals surface area contributed by atoms with Gasteiger partial charge in [0.2, 0.25) is 13.6 Å². The van der Waals surface area contributed by atoms with Crippen LogP contribution in [0, 0.1) is 0 Å². The van der Waals surface area contributed by atoms with Crippen LogP contribution < -0.4 is 69.7 Å². The molecular weight excluding hydrogens is 1110 g/mol. The predicted molar refractivity (Wildman–Crippen MR) is 364 cm³/mol. The van der Waals surface area contributed by atoms with Crippen molar-refractivity contribution in [2.24, 2.45) is 0 Å². The van der Waals surface area contributed by atoms with Crippen molar-refractivity contribution in [1.82, 2.24) is 0 Å². The van der Waals surface area contributed by atoms with Crippen LogP contribution in [0.4, 0.5) is 0 Å². The molecule has 6 aromatic rings. The number of fused-ring (bicyclic) bond motifs is 2. The van der Waals surface area contributed by atoms with E-state index in [4.69, 9.17) is 37.9 Å². The van der Waals surface area contributed by atoms with Gasteiger partial charge in [-0.15, -0.1) is 0 Å². The van der Waals surface area contributed by atoms with Crippen molar-refractivity contribution in [1.29, 1.82) is 0 Å². The fourth-order valence-electron chi connectivity index (χ4n) is 12.1. The Bertz CT molecular complexity index is 3300. The highest BCUT2D eigenvalue weighted by atomic mass is 31.2. The minimum absolute atomic E-state index is 0. The number of methoxy groups -OCH3 is 4. The van der Waals surface area contributed by atoms with Crippen LogP contribution in [-0.4, -0.2) is 50.4 Å². The molecule has 8 rings (SSSR count). The van der Waals surface area contributed by atoms with Crippen LogP contribution in [0.2, 0.25) is 0 Å². The number of benzene rings is 6. The SMILES string of the molecule is COc1c(C(C)(C)C)cc(P(c2cc(C(C)(C)C)c(OC)c(C(C)(C)C)c2)c2ccc3c(c2-c2c(P(=O)(c4cc(C(C)(C)C)c(OC)c(C(C)(C)C)c4)c4cc(C(C)(C)C)c(OC)c(C(C)(C)C)c4)ccc4c2OCO4)OCO3)cc1C(C)(C)C.[B]. The summed E-state index contributed by atoms with van der Waals surface area (Å²) < 4.78 is 71.6. The summed E-state index contributed by atoms with van der Waals surface area (Å²) in [4.78, 5) is 0. The molecule has 0 N–H and O–H groups in total. The lowest BCUT2D eigenvalue weighted by Gasteiger charge is -2.35. The number of ether oxygens (including phenoxy) is 8. The fraction of sp³-hybridized carbons (Fsp3) is 0.514. The van der Waals surface area contributed by atoms with E-state index in [1.54, 1.807) is 28.4 Å². The molecule has 0 aromatic heterocycles. The molecule has 2 heterocycles. The molecule has 0 saturated heterocycles. The highest BCUT2D eigenvalue weighted by Gasteiger charge is 2.45. The zero-order chi connectivity index (χ0) is 63.5. The van der Waals surface area contributed by atoms with Crippen LogP contribution in [-0.2, 0) is 47.9 Å². The number of hydrogen-bond donors (Lipinski definition) is 0. The molecule has 0 amide bonds. The van der Waals surface area contributed by atoms with Crippen molar-refractivity contribution in [3.63, 3.8) is 0 Å². The van der Waals surface area contributed by atoms with Crippen LogP contribution in [0.5, 0.6) is 46.0 Å². The van der Waals surface area contributed by atoms with Gasteiger partial charge in [0.1, 0.15) is 23.0 Å². The standard InChI is InChI=1S/C74H100O9P2.B/c1-67(2,3)47-33-43(34-48(61(47)76-25)68(4,5)6)84(44-35-49(69(7,8)9)62(77-26)50(36-44)70(10,11)12)57-31-29-55-65(82-41-80-55)59(57)60-58(32-30-56-66(60)83-42-81-56)85(75,45-37-51(71(13,14)15)63(78-27)52(38-45)72(16,17)18)46-39-53(73(19,20)21)64(79-28)54(40-46)74(22,23)24;/h29-40H,41-42H2,1-28H3;. The zero-order valence-corrected chi connectivity index (χ0v) is 59.3. The van der Waals surface area contributed by atoms with Gasteiger partial charge in [0.15, 0.2) is 30.1 Å². The smallest absolute Gasteiger partial charge is 0.231 e. The Morgan fingerprint density at radius 3 is 0.884 bits per heavy atom. The first-order valence-electron chi connectivity index (χ1n) is 30.1. The summed E-state index contributed by atoms with van der Waals surface area (Å²) in [6.07, 6.45) is 0. The van der Waals surface area contributed by atoms with E-state index in [2.05, 4.69) is 227 Å². The van der Waals surface area contributed by atoms with E-state index in [0.717, 1.165) is 89.0 Å². The Morgan fingerprint density at radius 2 is 0.616 bits per heavy atom. The molecular formula is C74H100BO9P2. The highest BCUT2D eigenvalue weighted by Crippen LogP contribution is 2.59. The summed E-state index contributed by atoms with van der Waals surface area (Å²) in [7, 11) is 1.28. The molecule has 2 aliphatic rings. The van der Waals surface area contributed by atoms with Crippen molar-refractivity contribution < 1.29 is 42.5 Å². The van der Waals surface area contributed by atoms with Gasteiger partial charge in [-0.2, -0.15) is 0 Å². The van der Waals surface area contributed by atoms with E-state index >= 15 is 4.57 Å². The molecule has 0 unspecified atom stereocenters. The van der Waals surface area contributed by atoms with E-state index in [1.807, 2.05) is 12.1 Å². The summed E-state index contributed by atoms with van der Waals surface area (Å²) in [5.74, 6) is 5.49. The molecule has 86 heavy (non-hydrogen) atoms. The first-order chi connectivity index (χ1) is 38.9. The van der Waals surface area contributed by atoms with Gasteiger partial charge in [0.05, 0.1) is 28.4 Å². The van der Waals surface area contributed by atoms with Crippen LogP contribution in [0.1, 0.15) is 211 Å². The first kappa shape index (κ1) is 67.9. The predicted octanol–water partition coefficient (Wildman–Crippen LogP) is 16.2. The molecule has 2 aliphatic heterocycles. The molecule has 0 fully saturated rings. The normalized spacial score (nSPS) is 14.2. The molecule has 0 spiro atoms. The molecule has 463 valence electrons. The molecule has 9 nitrogen and oxygen atoms in total. The Labute approximate surface area is 521 Å². The molecule has 0 saturated carbocycles. The van der Waals surface area contributed by atoms with E-state index in [0.29, 0.717) is 44.5 Å². The Kier molecular flexibility index (Phi) is 18.3. The van der Waals surface area contributed by atoms with E-state index in [1.165, 1.54) is 0 Å². The Morgan fingerprint density at radius 1 is 0.360 bits per heavy atom. The lowest BCUT2D eigenvalue weighted by atomic mass is 9.79. The topological polar surface area (TPSA) is 90.9 Å². The second kappa shape index (κ2) is 23.1. The average Bonchev–Trinajstić information content (AvgIpc) is 1.02. The summed E-state index contributed by atoms with van der Waals surface area (Å²) in [5.41, 5.74) is 6.53. The third-order valence-electron chi connectivity index (χ3n) is 16.7. The van der Waals surface area contributed by atoms with E-state index in [-0.39, 0.29) is 43.7 Å². The average molecular weight is 1210 g/mol. The van der Waals surface area contributed by atoms with Crippen LogP contribution in [0.25, 0.3) is 11.1 Å². The van der Waals surface area contributed by atoms with Gasteiger partial charge in [-0.3, -0.25) is 0 Å². The Balaban J connectivity index is 0.0000106. The van der Waals surface area contributed by atoms with Gasteiger partial charge in [-0.25, -0.2) is 0 Å². The Hall–Kier alpha value is -5.56. The van der Waals surface area contributed by atoms with Crippen molar-refractivity contribution in [3.8, 4) is 57.1 Å². The summed E-state index contributed by atoms with van der Waals surface area (Å²) in [6.45, 7) is 53.5. The fourth-order valence-corrected chi connectivity index (χ4v) is 17.6. The molecule has 0 atom stereocenters. The maximum atomic E-state index is 18.9. The van der Waals surface area contributed by atoms with Gasteiger partial charge in [0, 0.05) is 80.0 Å². The quantitative estimate of drug-likeness (QED) is 0.0929. The monoisotopic (exact) mass is 1210 g/mol. The highest BCUT2D eigenvalue weighted by molar-refractivity contribution is 7.85. The van der Waals surface area contributed by atoms with Crippen LogP contribution in [0.3, 0.4) is 0 Å². The van der Waals surface area contributed by atoms with Crippen molar-refractivity contribution in [3.05, 3.63) is 117 Å². The maximum absolute atomic E-state index is 18.9. The van der Waals surface area contributed by atoms with Crippen molar-refractivity contribution in [2.45, 2.75) is 209 Å². The van der Waals surface area contributed by atoms with Gasteiger partial charge in [-0.1, -0.05) is 166 Å². The minimum atomic E-state index is -4.19. The second-order valence-electron chi connectivity index (χ2n) is 31.6. The molecule has 0 bridgehead atoms. The number of rotatable bonds is 11. The third-order valence-corrected chi connectivity index (χ3v) is 22.1. The summed E-state index contributed by atoms with van der Waals surface area (Å²) in [5, 5.41) is 5.11. The summed E-state index contributed by atoms with van der Waals surface area (Å²) >= 11 is 0. The van der Waals surface area contributed by atoms with Gasteiger partial charge in [0.25, 0.3) is 0 Å². The van der Waals surface area contributed by atoms with Gasteiger partial charge in [-0.05, 0) is 140 Å². The van der Waals surface area contributed by atoms with Crippen molar-refractivity contribution in [2.75, 3.05) is 42.0 Å². The van der Waals surface area contributed by atoms with E-state index < -0.39 is 36.7 Å². The first-order valence-corrected chi connectivity index (χ1v) is 33.2. The second-order valence-corrected chi connectivity index (χ2v) is 36.5. The minimum Gasteiger partial charge on any atom is -0.496 e. The largest absolute Gasteiger partial charge is 0.496 e. The van der Waals surface area contributed by atoms with Crippen LogP contribution in [0.15, 0.2) is 72.8 Å².